The summed E-state index contributed by atoms with van der Waals surface area (Å²) < 4.78 is 4.86. The molecular formula is C44H30N2. The van der Waals surface area contributed by atoms with Gasteiger partial charge < -0.3 is 9.13 Å². The molecule has 0 radical (unpaired) electrons. The third-order valence-electron chi connectivity index (χ3n) is 9.96. The Morgan fingerprint density at radius 3 is 1.65 bits per heavy atom. The molecule has 0 aliphatic heterocycles. The van der Waals surface area contributed by atoms with Crippen LogP contribution in [0, 0.1) is 0 Å². The number of fused-ring (bicyclic) bond motifs is 9. The van der Waals surface area contributed by atoms with E-state index in [0.717, 1.165) is 12.8 Å². The van der Waals surface area contributed by atoms with E-state index in [9.17, 15) is 0 Å². The van der Waals surface area contributed by atoms with E-state index >= 15 is 0 Å². The zero-order chi connectivity index (χ0) is 30.2. The normalized spacial score (nSPS) is 13.0. The van der Waals surface area contributed by atoms with Crippen LogP contribution in [0.4, 0.5) is 0 Å². The van der Waals surface area contributed by atoms with E-state index in [0.29, 0.717) is 0 Å². The van der Waals surface area contributed by atoms with Crippen LogP contribution in [0.15, 0.2) is 152 Å². The molecule has 2 heterocycles. The predicted molar refractivity (Wildman–Crippen MR) is 195 cm³/mol. The standard InChI is InChI=1S/C44H30N2/c1-2-13-32(14-3-1)45-40-20-10-8-18-36(40)38-26-29(22-24-42(38)45)30-23-25-43-39(27-30)37-19-9-11-21-41(37)46(43)44-28-31-12-4-5-15-33(31)34-16-6-7-17-35(34)44/h1-4,6-14,16-28H,5,15H2. The molecule has 9 aromatic rings. The van der Waals surface area contributed by atoms with Gasteiger partial charge in [0.05, 0.1) is 27.8 Å². The molecule has 1 aliphatic carbocycles. The second kappa shape index (κ2) is 9.82. The van der Waals surface area contributed by atoms with Gasteiger partial charge in [-0.2, -0.15) is 0 Å². The van der Waals surface area contributed by atoms with E-state index in [4.69, 9.17) is 0 Å². The topological polar surface area (TPSA) is 9.86 Å². The number of aryl methyl sites for hydroxylation is 1. The highest BCUT2D eigenvalue weighted by atomic mass is 15.0. The summed E-state index contributed by atoms with van der Waals surface area (Å²) in [6, 6.07) is 53.6. The van der Waals surface area contributed by atoms with Crippen LogP contribution in [0.2, 0.25) is 0 Å². The Hall–Kier alpha value is -5.86. The van der Waals surface area contributed by atoms with Gasteiger partial charge in [0.15, 0.2) is 0 Å². The number of hydrogen-bond donors (Lipinski definition) is 0. The number of nitrogens with zero attached hydrogens (tertiary/aromatic N) is 2. The maximum atomic E-state index is 2.48. The molecule has 0 saturated heterocycles. The monoisotopic (exact) mass is 586 g/mol. The van der Waals surface area contributed by atoms with Crippen molar-refractivity contribution in [2.24, 2.45) is 0 Å². The third kappa shape index (κ3) is 3.64. The lowest BCUT2D eigenvalue weighted by Gasteiger charge is -2.19. The van der Waals surface area contributed by atoms with Crippen molar-refractivity contribution in [2.45, 2.75) is 12.8 Å². The number of rotatable bonds is 3. The molecule has 216 valence electrons. The molecular weight excluding hydrogens is 556 g/mol. The summed E-state index contributed by atoms with van der Waals surface area (Å²) in [6.45, 7) is 0. The molecule has 1 aliphatic rings. The molecule has 0 atom stereocenters. The largest absolute Gasteiger partial charge is 0.309 e. The van der Waals surface area contributed by atoms with Crippen LogP contribution in [0.3, 0.4) is 0 Å². The average Bonchev–Trinajstić information content (AvgIpc) is 3.64. The fourth-order valence-electron chi connectivity index (χ4n) is 7.91. The van der Waals surface area contributed by atoms with Crippen molar-refractivity contribution in [3.63, 3.8) is 0 Å². The number of aromatic nitrogens is 2. The van der Waals surface area contributed by atoms with Gasteiger partial charge >= 0.3 is 0 Å². The smallest absolute Gasteiger partial charge is 0.0546 e. The molecule has 0 unspecified atom stereocenters. The predicted octanol–water partition coefficient (Wildman–Crippen LogP) is 11.7. The summed E-state index contributed by atoms with van der Waals surface area (Å²) in [7, 11) is 0. The first-order valence-corrected chi connectivity index (χ1v) is 16.2. The van der Waals surface area contributed by atoms with Crippen LogP contribution in [0.25, 0.3) is 83.0 Å². The van der Waals surface area contributed by atoms with Crippen molar-refractivity contribution >= 4 is 60.5 Å². The van der Waals surface area contributed by atoms with Crippen LogP contribution in [-0.4, -0.2) is 9.13 Å². The average molecular weight is 587 g/mol. The first-order valence-electron chi connectivity index (χ1n) is 16.2. The van der Waals surface area contributed by atoms with E-state index in [1.165, 1.54) is 88.0 Å². The molecule has 2 nitrogen and oxygen atoms in total. The number of benzene rings is 7. The zero-order valence-corrected chi connectivity index (χ0v) is 25.3. The van der Waals surface area contributed by atoms with Gasteiger partial charge in [-0.1, -0.05) is 103 Å². The minimum absolute atomic E-state index is 1.09. The van der Waals surface area contributed by atoms with Crippen LogP contribution in [0.1, 0.15) is 17.5 Å². The molecule has 0 N–H and O–H groups in total. The van der Waals surface area contributed by atoms with Gasteiger partial charge in [0.25, 0.3) is 0 Å². The second-order valence-electron chi connectivity index (χ2n) is 12.5. The van der Waals surface area contributed by atoms with Crippen LogP contribution < -0.4 is 0 Å². The summed E-state index contributed by atoms with van der Waals surface area (Å²) in [5.41, 5.74) is 12.6. The molecule has 2 heteroatoms. The number of hydrogen-bond acceptors (Lipinski definition) is 0. The third-order valence-corrected chi connectivity index (χ3v) is 9.96. The second-order valence-corrected chi connectivity index (χ2v) is 12.5. The van der Waals surface area contributed by atoms with Crippen LogP contribution >= 0.6 is 0 Å². The van der Waals surface area contributed by atoms with E-state index < -0.39 is 0 Å². The molecule has 0 saturated carbocycles. The summed E-state index contributed by atoms with van der Waals surface area (Å²) in [5.74, 6) is 0. The Bertz CT molecular complexity index is 2680. The quantitative estimate of drug-likeness (QED) is 0.195. The van der Waals surface area contributed by atoms with Gasteiger partial charge in [-0.25, -0.2) is 0 Å². The molecule has 2 aromatic heterocycles. The maximum Gasteiger partial charge on any atom is 0.0546 e. The van der Waals surface area contributed by atoms with Crippen molar-refractivity contribution in [2.75, 3.05) is 0 Å². The van der Waals surface area contributed by atoms with Gasteiger partial charge in [-0.3, -0.25) is 0 Å². The van der Waals surface area contributed by atoms with E-state index in [-0.39, 0.29) is 0 Å². The SMILES string of the molecule is C1=Cc2cc(-n3c4ccccc4c4cc(-c5ccc6c(c5)c5ccccc5n6-c5ccccc5)ccc43)c3ccccc3c2CC1. The Labute approximate surface area is 267 Å². The van der Waals surface area contributed by atoms with Crippen LogP contribution in [0.5, 0.6) is 0 Å². The molecule has 46 heavy (non-hydrogen) atoms. The maximum absolute atomic E-state index is 2.48. The van der Waals surface area contributed by atoms with E-state index in [2.05, 4.69) is 167 Å². The molecule has 0 spiro atoms. The van der Waals surface area contributed by atoms with Crippen LogP contribution in [-0.2, 0) is 6.42 Å². The highest BCUT2D eigenvalue weighted by Crippen LogP contribution is 2.40. The molecule has 10 rings (SSSR count). The lowest BCUT2D eigenvalue weighted by molar-refractivity contribution is 0.995. The van der Waals surface area contributed by atoms with Gasteiger partial charge in [-0.15, -0.1) is 0 Å². The number of allylic oxidation sites excluding steroid dienone is 1. The first kappa shape index (κ1) is 25.5. The highest BCUT2D eigenvalue weighted by Gasteiger charge is 2.19. The Morgan fingerprint density at radius 1 is 0.413 bits per heavy atom. The van der Waals surface area contributed by atoms with Crippen molar-refractivity contribution in [3.8, 4) is 22.5 Å². The van der Waals surface area contributed by atoms with Crippen molar-refractivity contribution in [1.82, 2.24) is 9.13 Å². The fourth-order valence-corrected chi connectivity index (χ4v) is 7.91. The minimum atomic E-state index is 1.09. The molecule has 0 bridgehead atoms. The number of para-hydroxylation sites is 3. The van der Waals surface area contributed by atoms with Gasteiger partial charge in [0.1, 0.15) is 0 Å². The van der Waals surface area contributed by atoms with Crippen molar-refractivity contribution in [1.29, 1.82) is 0 Å². The van der Waals surface area contributed by atoms with Gasteiger partial charge in [0, 0.05) is 32.6 Å². The summed E-state index contributed by atoms with van der Waals surface area (Å²) in [4.78, 5) is 0. The highest BCUT2D eigenvalue weighted by molar-refractivity contribution is 6.13. The van der Waals surface area contributed by atoms with Gasteiger partial charge in [-0.05, 0) is 95.1 Å². The van der Waals surface area contributed by atoms with Gasteiger partial charge in [0.2, 0.25) is 0 Å². The molecule has 0 fully saturated rings. The summed E-state index contributed by atoms with van der Waals surface area (Å²) in [5, 5.41) is 7.77. The Kier molecular flexibility index (Phi) is 5.44. The lowest BCUT2D eigenvalue weighted by Crippen LogP contribution is -2.01. The van der Waals surface area contributed by atoms with Crippen molar-refractivity contribution < 1.29 is 0 Å². The molecule has 0 amide bonds. The molecule has 7 aromatic carbocycles. The summed E-state index contributed by atoms with van der Waals surface area (Å²) >= 11 is 0. The van der Waals surface area contributed by atoms with E-state index in [1.807, 2.05) is 0 Å². The minimum Gasteiger partial charge on any atom is -0.309 e. The first-order chi connectivity index (χ1) is 22.8. The Morgan fingerprint density at radius 2 is 0.957 bits per heavy atom. The Balaban J connectivity index is 1.20. The lowest BCUT2D eigenvalue weighted by atomic mass is 9.90. The summed E-state index contributed by atoms with van der Waals surface area (Å²) in [6.07, 6.45) is 6.82. The zero-order valence-electron chi connectivity index (χ0n) is 25.3. The fraction of sp³-hybridized carbons (Fsp3) is 0.0455. The van der Waals surface area contributed by atoms with Crippen molar-refractivity contribution in [3.05, 3.63) is 163 Å². The van der Waals surface area contributed by atoms with E-state index in [1.54, 1.807) is 0 Å².